The molecule has 1 unspecified atom stereocenters. The molecule has 98 valence electrons. The zero-order chi connectivity index (χ0) is 13.1. The molecule has 6 heteroatoms. The molecule has 0 saturated carbocycles. The zero-order valence-corrected chi connectivity index (χ0v) is 11.3. The minimum absolute atomic E-state index is 0.171. The van der Waals surface area contributed by atoms with Gasteiger partial charge in [-0.1, -0.05) is 0 Å². The van der Waals surface area contributed by atoms with Crippen molar-refractivity contribution >= 4 is 27.5 Å². The molecule has 0 spiro atoms. The van der Waals surface area contributed by atoms with Gasteiger partial charge in [0.05, 0.1) is 10.2 Å². The first-order chi connectivity index (χ1) is 8.58. The number of halogens is 2. The van der Waals surface area contributed by atoms with Crippen LogP contribution in [0.1, 0.15) is 19.3 Å². The standard InChI is InChI=1S/C12H14BrFN2O2/c13-7-5-9(15)11(6-8(7)14)18-10-3-1-2-4-16-12(10)17/h5-6,10H,1-4,15H2,(H,16,17). The van der Waals surface area contributed by atoms with Gasteiger partial charge in [-0.2, -0.15) is 0 Å². The minimum atomic E-state index is -0.602. The van der Waals surface area contributed by atoms with E-state index in [9.17, 15) is 9.18 Å². The Labute approximate surface area is 113 Å². The van der Waals surface area contributed by atoms with Crippen molar-refractivity contribution in [3.63, 3.8) is 0 Å². The highest BCUT2D eigenvalue weighted by Gasteiger charge is 2.23. The van der Waals surface area contributed by atoms with E-state index in [4.69, 9.17) is 10.5 Å². The SMILES string of the molecule is Nc1cc(Br)c(F)cc1OC1CCCCNC1=O. The Balaban J connectivity index is 2.17. The van der Waals surface area contributed by atoms with E-state index < -0.39 is 11.9 Å². The van der Waals surface area contributed by atoms with Gasteiger partial charge in [-0.25, -0.2) is 4.39 Å². The number of anilines is 1. The fraction of sp³-hybridized carbons (Fsp3) is 0.417. The van der Waals surface area contributed by atoms with Gasteiger partial charge < -0.3 is 15.8 Å². The Bertz CT molecular complexity index is 468. The number of nitrogens with two attached hydrogens (primary N) is 1. The minimum Gasteiger partial charge on any atom is -0.478 e. The average molecular weight is 317 g/mol. The maximum Gasteiger partial charge on any atom is 0.261 e. The summed E-state index contributed by atoms with van der Waals surface area (Å²) < 4.78 is 19.2. The smallest absolute Gasteiger partial charge is 0.261 e. The van der Waals surface area contributed by atoms with Crippen molar-refractivity contribution in [2.45, 2.75) is 25.4 Å². The summed E-state index contributed by atoms with van der Waals surface area (Å²) in [5, 5.41) is 2.75. The van der Waals surface area contributed by atoms with Gasteiger partial charge in [-0.3, -0.25) is 4.79 Å². The number of rotatable bonds is 2. The first-order valence-corrected chi connectivity index (χ1v) is 6.56. The quantitative estimate of drug-likeness (QED) is 0.822. The van der Waals surface area contributed by atoms with Crippen LogP contribution in [0.5, 0.6) is 5.75 Å². The fourth-order valence-electron chi connectivity index (χ4n) is 1.82. The van der Waals surface area contributed by atoms with Crippen LogP contribution in [0.25, 0.3) is 0 Å². The van der Waals surface area contributed by atoms with Crippen LogP contribution >= 0.6 is 15.9 Å². The molecule has 1 saturated heterocycles. The molecule has 1 aliphatic rings. The molecule has 18 heavy (non-hydrogen) atoms. The number of amides is 1. The summed E-state index contributed by atoms with van der Waals surface area (Å²) in [4.78, 5) is 11.7. The monoisotopic (exact) mass is 316 g/mol. The van der Waals surface area contributed by atoms with E-state index in [1.165, 1.54) is 12.1 Å². The molecule has 0 aliphatic carbocycles. The van der Waals surface area contributed by atoms with Gasteiger partial charge in [0.2, 0.25) is 0 Å². The third kappa shape index (κ3) is 2.93. The molecule has 0 radical (unpaired) electrons. The predicted octanol–water partition coefficient (Wildman–Crippen LogP) is 2.22. The van der Waals surface area contributed by atoms with E-state index in [-0.39, 0.29) is 16.1 Å². The number of ether oxygens (including phenoxy) is 1. The summed E-state index contributed by atoms with van der Waals surface area (Å²) in [5.74, 6) is -0.429. The number of carbonyl (C=O) groups is 1. The zero-order valence-electron chi connectivity index (χ0n) is 9.71. The highest BCUT2D eigenvalue weighted by Crippen LogP contribution is 2.29. The summed E-state index contributed by atoms with van der Waals surface area (Å²) >= 11 is 3.04. The van der Waals surface area contributed by atoms with Crippen molar-refractivity contribution < 1.29 is 13.9 Å². The molecule has 1 amide bonds. The van der Waals surface area contributed by atoms with Gasteiger partial charge in [-0.05, 0) is 41.3 Å². The van der Waals surface area contributed by atoms with Crippen molar-refractivity contribution in [1.29, 1.82) is 0 Å². The molecule has 0 aromatic heterocycles. The van der Waals surface area contributed by atoms with E-state index in [2.05, 4.69) is 21.2 Å². The number of hydrogen-bond acceptors (Lipinski definition) is 3. The molecule has 1 fully saturated rings. The summed E-state index contributed by atoms with van der Waals surface area (Å²) in [6.07, 6.45) is 1.83. The third-order valence-electron chi connectivity index (χ3n) is 2.81. The number of nitrogens with one attached hydrogen (secondary N) is 1. The molecule has 1 atom stereocenters. The van der Waals surface area contributed by atoms with Crippen molar-refractivity contribution in [3.05, 3.63) is 22.4 Å². The van der Waals surface area contributed by atoms with Crippen LogP contribution in [-0.4, -0.2) is 18.6 Å². The molecule has 2 rings (SSSR count). The van der Waals surface area contributed by atoms with E-state index >= 15 is 0 Å². The summed E-state index contributed by atoms with van der Waals surface area (Å²) in [7, 11) is 0. The highest BCUT2D eigenvalue weighted by molar-refractivity contribution is 9.10. The number of carbonyl (C=O) groups excluding carboxylic acids is 1. The van der Waals surface area contributed by atoms with E-state index in [1.807, 2.05) is 0 Å². The van der Waals surface area contributed by atoms with E-state index in [0.717, 1.165) is 12.8 Å². The Morgan fingerprint density at radius 1 is 1.44 bits per heavy atom. The fourth-order valence-corrected chi connectivity index (χ4v) is 2.18. The second-order valence-electron chi connectivity index (χ2n) is 4.20. The van der Waals surface area contributed by atoms with Crippen molar-refractivity contribution in [3.8, 4) is 5.75 Å². The van der Waals surface area contributed by atoms with Crippen LogP contribution < -0.4 is 15.8 Å². The lowest BCUT2D eigenvalue weighted by atomic mass is 10.2. The van der Waals surface area contributed by atoms with Crippen LogP contribution in [0.4, 0.5) is 10.1 Å². The Kier molecular flexibility index (Phi) is 4.06. The number of nitrogen functional groups attached to an aromatic ring is 1. The molecule has 4 nitrogen and oxygen atoms in total. The maximum absolute atomic E-state index is 13.4. The van der Waals surface area contributed by atoms with Gasteiger partial charge >= 0.3 is 0 Å². The molecule has 1 aromatic rings. The lowest BCUT2D eigenvalue weighted by molar-refractivity contribution is -0.127. The van der Waals surface area contributed by atoms with Gasteiger partial charge in [0, 0.05) is 12.6 Å². The molecule has 1 heterocycles. The maximum atomic E-state index is 13.4. The van der Waals surface area contributed by atoms with Crippen LogP contribution in [0, 0.1) is 5.82 Å². The number of benzene rings is 1. The van der Waals surface area contributed by atoms with Crippen LogP contribution in [-0.2, 0) is 4.79 Å². The molecule has 3 N–H and O–H groups in total. The Morgan fingerprint density at radius 3 is 3.00 bits per heavy atom. The molecular weight excluding hydrogens is 303 g/mol. The summed E-state index contributed by atoms with van der Waals surface area (Å²) in [5.41, 5.74) is 6.04. The lowest BCUT2D eigenvalue weighted by Crippen LogP contribution is -2.36. The third-order valence-corrected chi connectivity index (χ3v) is 3.41. The van der Waals surface area contributed by atoms with Crippen molar-refractivity contribution in [2.75, 3.05) is 12.3 Å². The van der Waals surface area contributed by atoms with Gasteiger partial charge in [0.15, 0.2) is 6.10 Å². The Hall–Kier alpha value is -1.30. The van der Waals surface area contributed by atoms with Crippen LogP contribution in [0.2, 0.25) is 0 Å². The normalized spacial score (nSPS) is 20.1. The number of hydrogen-bond donors (Lipinski definition) is 2. The van der Waals surface area contributed by atoms with Crippen LogP contribution in [0.15, 0.2) is 16.6 Å². The first kappa shape index (κ1) is 13.1. The van der Waals surface area contributed by atoms with E-state index in [1.54, 1.807) is 0 Å². The summed E-state index contributed by atoms with van der Waals surface area (Å²) in [6.45, 7) is 0.656. The van der Waals surface area contributed by atoms with Gasteiger partial charge in [0.1, 0.15) is 11.6 Å². The molecular formula is C12H14BrFN2O2. The highest BCUT2D eigenvalue weighted by atomic mass is 79.9. The molecule has 1 aromatic carbocycles. The Morgan fingerprint density at radius 2 is 2.22 bits per heavy atom. The largest absolute Gasteiger partial charge is 0.478 e. The molecule has 0 bridgehead atoms. The second kappa shape index (κ2) is 5.56. The molecule has 1 aliphatic heterocycles. The van der Waals surface area contributed by atoms with Gasteiger partial charge in [-0.15, -0.1) is 0 Å². The predicted molar refractivity (Wildman–Crippen MR) is 69.8 cm³/mol. The average Bonchev–Trinajstić information content (AvgIpc) is 2.52. The van der Waals surface area contributed by atoms with Crippen molar-refractivity contribution in [2.24, 2.45) is 0 Å². The van der Waals surface area contributed by atoms with Crippen molar-refractivity contribution in [1.82, 2.24) is 5.32 Å². The summed E-state index contributed by atoms with van der Waals surface area (Å²) in [6, 6.07) is 2.62. The lowest BCUT2D eigenvalue weighted by Gasteiger charge is -2.17. The first-order valence-electron chi connectivity index (χ1n) is 5.77. The van der Waals surface area contributed by atoms with E-state index in [0.29, 0.717) is 18.7 Å². The topological polar surface area (TPSA) is 64.3 Å². The van der Waals surface area contributed by atoms with Gasteiger partial charge in [0.25, 0.3) is 5.91 Å². The second-order valence-corrected chi connectivity index (χ2v) is 5.05. The van der Waals surface area contributed by atoms with Crippen LogP contribution in [0.3, 0.4) is 0 Å².